The van der Waals surface area contributed by atoms with E-state index in [4.69, 9.17) is 0 Å². The van der Waals surface area contributed by atoms with Crippen molar-refractivity contribution in [2.24, 2.45) is 17.8 Å². The zero-order chi connectivity index (χ0) is 12.0. The first-order valence-electron chi connectivity index (χ1n) is 6.68. The molecule has 0 aromatic carbocycles. The summed E-state index contributed by atoms with van der Waals surface area (Å²) in [5, 5.41) is 4.51. The van der Waals surface area contributed by atoms with Crippen LogP contribution in [0.5, 0.6) is 0 Å². The van der Waals surface area contributed by atoms with Gasteiger partial charge in [0, 0.05) is 12.2 Å². The van der Waals surface area contributed by atoms with Crippen molar-refractivity contribution in [3.05, 3.63) is 17.0 Å². The maximum Gasteiger partial charge on any atom is 0.153 e. The number of rotatable bonds is 3. The Kier molecular flexibility index (Phi) is 2.57. The van der Waals surface area contributed by atoms with Crippen molar-refractivity contribution < 1.29 is 4.79 Å². The van der Waals surface area contributed by atoms with Gasteiger partial charge in [-0.05, 0) is 50.9 Å². The van der Waals surface area contributed by atoms with Crippen molar-refractivity contribution in [2.75, 3.05) is 0 Å². The summed E-state index contributed by atoms with van der Waals surface area (Å²) in [7, 11) is 0. The molecule has 0 spiro atoms. The lowest BCUT2D eigenvalue weighted by Crippen LogP contribution is -2.18. The lowest BCUT2D eigenvalue weighted by atomic mass is 9.89. The van der Waals surface area contributed by atoms with E-state index in [1.807, 2.05) is 13.8 Å². The van der Waals surface area contributed by atoms with Gasteiger partial charge in [0.2, 0.25) is 0 Å². The van der Waals surface area contributed by atoms with Crippen molar-refractivity contribution >= 4 is 6.29 Å². The Morgan fingerprint density at radius 2 is 2.18 bits per heavy atom. The van der Waals surface area contributed by atoms with E-state index in [-0.39, 0.29) is 0 Å². The Labute approximate surface area is 102 Å². The second-order valence-corrected chi connectivity index (χ2v) is 5.82. The minimum atomic E-state index is 0.785. The number of aryl methyl sites for hydroxylation is 1. The van der Waals surface area contributed by atoms with Crippen LogP contribution < -0.4 is 0 Å². The van der Waals surface area contributed by atoms with Gasteiger partial charge in [0.15, 0.2) is 6.29 Å². The van der Waals surface area contributed by atoms with Crippen molar-refractivity contribution in [1.82, 2.24) is 9.78 Å². The van der Waals surface area contributed by atoms with Crippen LogP contribution in [-0.2, 0) is 6.54 Å². The SMILES string of the molecule is Cc1nn(CC2CC3CCC2C3)c(C)c1C=O. The normalized spacial score (nSPS) is 31.1. The average Bonchev–Trinajstić information content (AvgIpc) is 2.96. The highest BCUT2D eigenvalue weighted by Gasteiger charge is 2.39. The Morgan fingerprint density at radius 3 is 2.71 bits per heavy atom. The highest BCUT2D eigenvalue weighted by atomic mass is 16.1. The predicted octanol–water partition coefficient (Wildman–Crippen LogP) is 2.75. The van der Waals surface area contributed by atoms with Gasteiger partial charge >= 0.3 is 0 Å². The van der Waals surface area contributed by atoms with Crippen molar-refractivity contribution in [3.63, 3.8) is 0 Å². The van der Waals surface area contributed by atoms with Gasteiger partial charge in [-0.1, -0.05) is 6.42 Å². The largest absolute Gasteiger partial charge is 0.298 e. The molecule has 1 heterocycles. The van der Waals surface area contributed by atoms with Crippen LogP contribution in [0.15, 0.2) is 0 Å². The van der Waals surface area contributed by atoms with Gasteiger partial charge in [0.1, 0.15) is 0 Å². The quantitative estimate of drug-likeness (QED) is 0.751. The summed E-state index contributed by atoms with van der Waals surface area (Å²) in [5.74, 6) is 2.70. The molecule has 2 bridgehead atoms. The third-order valence-corrected chi connectivity index (χ3v) is 4.85. The highest BCUT2D eigenvalue weighted by molar-refractivity contribution is 5.77. The summed E-state index contributed by atoms with van der Waals surface area (Å²) in [6.45, 7) is 4.95. The summed E-state index contributed by atoms with van der Waals surface area (Å²) in [5.41, 5.74) is 2.70. The predicted molar refractivity (Wildman–Crippen MR) is 66.0 cm³/mol. The van der Waals surface area contributed by atoms with Gasteiger partial charge in [0.25, 0.3) is 0 Å². The molecule has 0 saturated heterocycles. The zero-order valence-electron chi connectivity index (χ0n) is 10.6. The van der Waals surface area contributed by atoms with E-state index in [1.54, 1.807) is 0 Å². The molecule has 92 valence electrons. The molecule has 1 aromatic rings. The van der Waals surface area contributed by atoms with Gasteiger partial charge < -0.3 is 0 Å². The molecule has 1 aromatic heterocycles. The molecule has 0 radical (unpaired) electrons. The number of aromatic nitrogens is 2. The Balaban J connectivity index is 1.79. The van der Waals surface area contributed by atoms with E-state index < -0.39 is 0 Å². The van der Waals surface area contributed by atoms with Crippen LogP contribution in [0.25, 0.3) is 0 Å². The smallest absolute Gasteiger partial charge is 0.153 e. The maximum atomic E-state index is 11.0. The van der Waals surface area contributed by atoms with Crippen LogP contribution in [0.2, 0.25) is 0 Å². The molecule has 3 unspecified atom stereocenters. The van der Waals surface area contributed by atoms with E-state index in [0.717, 1.165) is 47.5 Å². The maximum absolute atomic E-state index is 11.0. The third-order valence-electron chi connectivity index (χ3n) is 4.85. The molecule has 0 N–H and O–H groups in total. The van der Waals surface area contributed by atoms with Gasteiger partial charge in [-0.2, -0.15) is 5.10 Å². The van der Waals surface area contributed by atoms with Gasteiger partial charge in [-0.15, -0.1) is 0 Å². The van der Waals surface area contributed by atoms with Crippen LogP contribution in [0.4, 0.5) is 0 Å². The third kappa shape index (κ3) is 1.72. The molecule has 2 saturated carbocycles. The number of carbonyl (C=O) groups is 1. The number of aldehydes is 1. The number of fused-ring (bicyclic) bond motifs is 2. The Morgan fingerprint density at radius 1 is 1.35 bits per heavy atom. The topological polar surface area (TPSA) is 34.9 Å². The van der Waals surface area contributed by atoms with E-state index in [1.165, 1.54) is 25.7 Å². The molecule has 3 nitrogen and oxygen atoms in total. The first-order chi connectivity index (χ1) is 8.19. The first kappa shape index (κ1) is 11.0. The molecule has 2 aliphatic rings. The fraction of sp³-hybridized carbons (Fsp3) is 0.714. The second-order valence-electron chi connectivity index (χ2n) is 5.82. The summed E-state index contributed by atoms with van der Waals surface area (Å²) < 4.78 is 2.06. The average molecular weight is 232 g/mol. The molecule has 0 amide bonds. The zero-order valence-corrected chi connectivity index (χ0v) is 10.6. The number of carbonyl (C=O) groups excluding carboxylic acids is 1. The lowest BCUT2D eigenvalue weighted by molar-refractivity contribution is 0.112. The van der Waals surface area contributed by atoms with Crippen molar-refractivity contribution in [3.8, 4) is 0 Å². The van der Waals surface area contributed by atoms with Crippen LogP contribution >= 0.6 is 0 Å². The summed E-state index contributed by atoms with van der Waals surface area (Å²) >= 11 is 0. The van der Waals surface area contributed by atoms with E-state index in [2.05, 4.69) is 9.78 Å². The first-order valence-corrected chi connectivity index (χ1v) is 6.68. The number of hydrogen-bond donors (Lipinski definition) is 0. The summed E-state index contributed by atoms with van der Waals surface area (Å²) in [6.07, 6.45) is 6.60. The van der Waals surface area contributed by atoms with Gasteiger partial charge in [0.05, 0.1) is 11.3 Å². The summed E-state index contributed by atoms with van der Waals surface area (Å²) in [4.78, 5) is 11.0. The monoisotopic (exact) mass is 232 g/mol. The lowest BCUT2D eigenvalue weighted by Gasteiger charge is -2.22. The minimum Gasteiger partial charge on any atom is -0.298 e. The molecule has 2 fully saturated rings. The summed E-state index contributed by atoms with van der Waals surface area (Å²) in [6, 6.07) is 0. The molecular weight excluding hydrogens is 212 g/mol. The van der Waals surface area contributed by atoms with Crippen LogP contribution in [0.3, 0.4) is 0 Å². The molecule has 3 heteroatoms. The molecule has 3 atom stereocenters. The minimum absolute atomic E-state index is 0.785. The standard InChI is InChI=1S/C14H20N2O/c1-9-14(8-17)10(2)16(15-9)7-13-6-11-3-4-12(13)5-11/h8,11-13H,3-7H2,1-2H3. The van der Waals surface area contributed by atoms with Gasteiger partial charge in [-0.3, -0.25) is 9.48 Å². The molecule has 2 aliphatic carbocycles. The van der Waals surface area contributed by atoms with Crippen LogP contribution in [0, 0.1) is 31.6 Å². The highest BCUT2D eigenvalue weighted by Crippen LogP contribution is 2.48. The number of nitrogens with zero attached hydrogens (tertiary/aromatic N) is 2. The molecule has 3 rings (SSSR count). The van der Waals surface area contributed by atoms with Gasteiger partial charge in [-0.25, -0.2) is 0 Å². The Hall–Kier alpha value is -1.12. The van der Waals surface area contributed by atoms with E-state index in [0.29, 0.717) is 0 Å². The molecular formula is C14H20N2O. The fourth-order valence-corrected chi connectivity index (χ4v) is 3.88. The Bertz CT molecular complexity index is 449. The van der Waals surface area contributed by atoms with E-state index >= 15 is 0 Å². The fourth-order valence-electron chi connectivity index (χ4n) is 3.88. The molecule has 17 heavy (non-hydrogen) atoms. The van der Waals surface area contributed by atoms with E-state index in [9.17, 15) is 4.79 Å². The number of hydrogen-bond acceptors (Lipinski definition) is 2. The second kappa shape index (κ2) is 3.97. The molecule has 0 aliphatic heterocycles. The van der Waals surface area contributed by atoms with Crippen molar-refractivity contribution in [2.45, 2.75) is 46.1 Å². The van der Waals surface area contributed by atoms with Crippen LogP contribution in [-0.4, -0.2) is 16.1 Å². The van der Waals surface area contributed by atoms with Crippen LogP contribution in [0.1, 0.15) is 47.4 Å². The van der Waals surface area contributed by atoms with Crippen molar-refractivity contribution in [1.29, 1.82) is 0 Å².